The second-order valence-electron chi connectivity index (χ2n) is 6.36. The minimum atomic E-state index is -0.345. The summed E-state index contributed by atoms with van der Waals surface area (Å²) in [4.78, 5) is 20.8. The number of urea groups is 1. The predicted octanol–water partition coefficient (Wildman–Crippen LogP) is 4.70. The number of ether oxygens (including phenoxy) is 1. The normalized spacial score (nSPS) is 10.4. The number of nitrogens with two attached hydrogens (primary N) is 1. The number of anilines is 2. The van der Waals surface area contributed by atoms with Crippen LogP contribution < -0.4 is 21.1 Å². The van der Waals surface area contributed by atoms with E-state index in [1.807, 2.05) is 30.3 Å². The van der Waals surface area contributed by atoms with Gasteiger partial charge in [-0.2, -0.15) is 0 Å². The Morgan fingerprint density at radius 2 is 1.63 bits per heavy atom. The average molecular weight is 415 g/mol. The first kappa shape index (κ1) is 19.3. The highest BCUT2D eigenvalue weighted by atomic mass is 32.1. The molecule has 2 amide bonds. The third-order valence-electron chi connectivity index (χ3n) is 4.19. The molecule has 2 heterocycles. The Morgan fingerprint density at radius 1 is 0.867 bits per heavy atom. The largest absolute Gasteiger partial charge is 0.457 e. The number of carbonyl (C=O) groups excluding carboxylic acids is 1. The molecule has 0 aliphatic rings. The van der Waals surface area contributed by atoms with Gasteiger partial charge < -0.3 is 21.1 Å². The number of amides is 2. The van der Waals surface area contributed by atoms with E-state index in [1.54, 1.807) is 48.8 Å². The summed E-state index contributed by atoms with van der Waals surface area (Å²) in [6.45, 7) is 0. The maximum atomic E-state index is 12.3. The molecule has 0 aliphatic carbocycles. The standard InChI is InChI=1S/C22H17N5O2S/c23-21(30)20-13-18(9-11-25-20)29-17-6-3-15(4-7-17)26-22(28)27-16-5-8-19-14(12-16)2-1-10-24-19/h1-13H,(H2,23,30)(H2,26,27,28). The van der Waals surface area contributed by atoms with Crippen LogP contribution in [-0.2, 0) is 0 Å². The van der Waals surface area contributed by atoms with E-state index in [0.717, 1.165) is 10.9 Å². The van der Waals surface area contributed by atoms with Crippen molar-refractivity contribution in [2.75, 3.05) is 10.6 Å². The molecule has 0 aliphatic heterocycles. The zero-order chi connectivity index (χ0) is 20.9. The van der Waals surface area contributed by atoms with Gasteiger partial charge in [-0.15, -0.1) is 0 Å². The fraction of sp³-hybridized carbons (Fsp3) is 0. The molecule has 4 N–H and O–H groups in total. The minimum absolute atomic E-state index is 0.202. The van der Waals surface area contributed by atoms with Gasteiger partial charge in [-0.3, -0.25) is 9.97 Å². The van der Waals surface area contributed by atoms with Crippen molar-refractivity contribution >= 4 is 45.5 Å². The Labute approximate surface area is 177 Å². The summed E-state index contributed by atoms with van der Waals surface area (Å²) < 4.78 is 5.78. The van der Waals surface area contributed by atoms with Gasteiger partial charge in [0.05, 0.1) is 5.52 Å². The van der Waals surface area contributed by atoms with Gasteiger partial charge in [0.2, 0.25) is 0 Å². The molecule has 4 rings (SSSR count). The van der Waals surface area contributed by atoms with E-state index in [9.17, 15) is 4.79 Å². The number of aromatic nitrogens is 2. The molecule has 148 valence electrons. The van der Waals surface area contributed by atoms with Crippen molar-refractivity contribution in [1.82, 2.24) is 9.97 Å². The number of carbonyl (C=O) groups is 1. The smallest absolute Gasteiger partial charge is 0.323 e. The summed E-state index contributed by atoms with van der Waals surface area (Å²) in [5.41, 5.74) is 8.25. The maximum absolute atomic E-state index is 12.3. The molecule has 0 saturated carbocycles. The topological polar surface area (TPSA) is 102 Å². The van der Waals surface area contributed by atoms with E-state index >= 15 is 0 Å². The fourth-order valence-corrected chi connectivity index (χ4v) is 2.91. The molecule has 30 heavy (non-hydrogen) atoms. The van der Waals surface area contributed by atoms with Crippen molar-refractivity contribution in [3.63, 3.8) is 0 Å². The Hall–Kier alpha value is -4.04. The number of pyridine rings is 2. The molecule has 0 fully saturated rings. The van der Waals surface area contributed by atoms with E-state index in [-0.39, 0.29) is 11.0 Å². The van der Waals surface area contributed by atoms with Gasteiger partial charge in [0.25, 0.3) is 0 Å². The van der Waals surface area contributed by atoms with Crippen LogP contribution in [0.4, 0.5) is 16.2 Å². The molecular weight excluding hydrogens is 398 g/mol. The molecule has 7 nitrogen and oxygen atoms in total. The molecule has 0 unspecified atom stereocenters. The molecule has 2 aromatic carbocycles. The molecule has 0 bridgehead atoms. The number of nitrogens with one attached hydrogen (secondary N) is 2. The van der Waals surface area contributed by atoms with Crippen LogP contribution in [0, 0.1) is 0 Å². The van der Waals surface area contributed by atoms with Crippen molar-refractivity contribution in [2.24, 2.45) is 5.73 Å². The number of hydrogen-bond donors (Lipinski definition) is 3. The van der Waals surface area contributed by atoms with Crippen molar-refractivity contribution in [3.05, 3.63) is 84.8 Å². The zero-order valence-corrected chi connectivity index (χ0v) is 16.5. The zero-order valence-electron chi connectivity index (χ0n) is 15.7. The number of fused-ring (bicyclic) bond motifs is 1. The molecule has 2 aromatic heterocycles. The van der Waals surface area contributed by atoms with E-state index in [2.05, 4.69) is 20.6 Å². The summed E-state index contributed by atoms with van der Waals surface area (Å²) in [6, 6.07) is 19.4. The number of hydrogen-bond acceptors (Lipinski definition) is 5. The van der Waals surface area contributed by atoms with Crippen LogP contribution in [0.15, 0.2) is 79.1 Å². The van der Waals surface area contributed by atoms with Crippen LogP contribution >= 0.6 is 12.2 Å². The van der Waals surface area contributed by atoms with Gasteiger partial charge in [-0.05, 0) is 54.6 Å². The van der Waals surface area contributed by atoms with Gasteiger partial charge in [0, 0.05) is 35.2 Å². The van der Waals surface area contributed by atoms with E-state index in [0.29, 0.717) is 28.6 Å². The number of nitrogens with zero attached hydrogens (tertiary/aromatic N) is 2. The lowest BCUT2D eigenvalue weighted by Gasteiger charge is -2.10. The molecular formula is C22H17N5O2S. The van der Waals surface area contributed by atoms with Gasteiger partial charge in [-0.1, -0.05) is 18.3 Å². The van der Waals surface area contributed by atoms with Gasteiger partial charge >= 0.3 is 6.03 Å². The average Bonchev–Trinajstić information content (AvgIpc) is 2.75. The summed E-state index contributed by atoms with van der Waals surface area (Å²) in [5, 5.41) is 6.55. The van der Waals surface area contributed by atoms with Crippen LogP contribution in [0.1, 0.15) is 5.69 Å². The van der Waals surface area contributed by atoms with Crippen molar-refractivity contribution in [1.29, 1.82) is 0 Å². The lowest BCUT2D eigenvalue weighted by Crippen LogP contribution is -2.19. The van der Waals surface area contributed by atoms with Crippen LogP contribution in [0.2, 0.25) is 0 Å². The van der Waals surface area contributed by atoms with Crippen molar-refractivity contribution in [2.45, 2.75) is 0 Å². The second-order valence-corrected chi connectivity index (χ2v) is 6.80. The Balaban J connectivity index is 1.38. The molecule has 8 heteroatoms. The summed E-state index contributed by atoms with van der Waals surface area (Å²) in [5.74, 6) is 1.17. The van der Waals surface area contributed by atoms with Crippen LogP contribution in [-0.4, -0.2) is 21.0 Å². The fourth-order valence-electron chi connectivity index (χ4n) is 2.80. The SMILES string of the molecule is NC(=S)c1cc(Oc2ccc(NC(=O)Nc3ccc4ncccc4c3)cc2)ccn1. The Kier molecular flexibility index (Phi) is 5.49. The van der Waals surface area contributed by atoms with Crippen LogP contribution in [0.25, 0.3) is 10.9 Å². The summed E-state index contributed by atoms with van der Waals surface area (Å²) in [6.07, 6.45) is 3.31. The van der Waals surface area contributed by atoms with E-state index in [1.165, 1.54) is 0 Å². The van der Waals surface area contributed by atoms with Gasteiger partial charge in [0.1, 0.15) is 22.2 Å². The molecule has 0 radical (unpaired) electrons. The molecule has 0 spiro atoms. The van der Waals surface area contributed by atoms with E-state index in [4.69, 9.17) is 22.7 Å². The van der Waals surface area contributed by atoms with Gasteiger partial charge in [0.15, 0.2) is 0 Å². The number of thiocarbonyl (C=S) groups is 1. The minimum Gasteiger partial charge on any atom is -0.457 e. The first-order valence-electron chi connectivity index (χ1n) is 9.03. The highest BCUT2D eigenvalue weighted by Crippen LogP contribution is 2.23. The highest BCUT2D eigenvalue weighted by Gasteiger charge is 2.06. The molecule has 4 aromatic rings. The van der Waals surface area contributed by atoms with Crippen LogP contribution in [0.3, 0.4) is 0 Å². The van der Waals surface area contributed by atoms with Crippen molar-refractivity contribution < 1.29 is 9.53 Å². The highest BCUT2D eigenvalue weighted by molar-refractivity contribution is 7.80. The Bertz CT molecular complexity index is 1230. The summed E-state index contributed by atoms with van der Waals surface area (Å²) in [7, 11) is 0. The van der Waals surface area contributed by atoms with Crippen molar-refractivity contribution in [3.8, 4) is 11.5 Å². The quantitative estimate of drug-likeness (QED) is 0.408. The Morgan fingerprint density at radius 3 is 2.43 bits per heavy atom. The van der Waals surface area contributed by atoms with Crippen LogP contribution in [0.5, 0.6) is 11.5 Å². The molecule has 0 saturated heterocycles. The monoisotopic (exact) mass is 415 g/mol. The lowest BCUT2D eigenvalue weighted by molar-refractivity contribution is 0.262. The third-order valence-corrected chi connectivity index (χ3v) is 4.40. The second kappa shape index (κ2) is 8.54. The third kappa shape index (κ3) is 4.68. The lowest BCUT2D eigenvalue weighted by atomic mass is 10.2. The predicted molar refractivity (Wildman–Crippen MR) is 121 cm³/mol. The molecule has 0 atom stereocenters. The first-order chi connectivity index (χ1) is 14.6. The first-order valence-corrected chi connectivity index (χ1v) is 9.44. The van der Waals surface area contributed by atoms with E-state index < -0.39 is 0 Å². The van der Waals surface area contributed by atoms with Gasteiger partial charge in [-0.25, -0.2) is 4.79 Å². The summed E-state index contributed by atoms with van der Waals surface area (Å²) >= 11 is 4.92. The maximum Gasteiger partial charge on any atom is 0.323 e. The number of rotatable bonds is 5. The number of benzene rings is 2.